The minimum atomic E-state index is -1.41. The van der Waals surface area contributed by atoms with Gasteiger partial charge in [0.2, 0.25) is 0 Å². The van der Waals surface area contributed by atoms with E-state index in [1.54, 1.807) is 13.8 Å². The zero-order valence-electron chi connectivity index (χ0n) is 31.5. The Morgan fingerprint density at radius 3 is 2.04 bits per heavy atom. The first-order valence-corrected chi connectivity index (χ1v) is 18.9. The molecule has 0 aromatic carbocycles. The van der Waals surface area contributed by atoms with Gasteiger partial charge in [0.15, 0.2) is 18.9 Å². The Hall–Kier alpha value is -1.08. The predicted molar refractivity (Wildman–Crippen MR) is 184 cm³/mol. The van der Waals surface area contributed by atoms with Crippen LogP contribution in [0, 0.1) is 28.1 Å². The fourth-order valence-electron chi connectivity index (χ4n) is 10.4. The summed E-state index contributed by atoms with van der Waals surface area (Å²) in [5, 5.41) is 74.1. The van der Waals surface area contributed by atoms with E-state index in [0.717, 1.165) is 19.3 Å². The Kier molecular flexibility index (Phi) is 11.8. The van der Waals surface area contributed by atoms with Crippen molar-refractivity contribution in [2.75, 3.05) is 13.7 Å². The van der Waals surface area contributed by atoms with Crippen LogP contribution in [0.2, 0.25) is 0 Å². The minimum absolute atomic E-state index is 0.147. The van der Waals surface area contributed by atoms with Crippen LogP contribution in [-0.2, 0) is 33.2 Å². The summed E-state index contributed by atoms with van der Waals surface area (Å²) in [5.41, 5.74) is 0.277. The van der Waals surface area contributed by atoms with E-state index in [-0.39, 0.29) is 28.8 Å². The summed E-state index contributed by atoms with van der Waals surface area (Å²) >= 11 is 0. The van der Waals surface area contributed by atoms with Gasteiger partial charge in [-0.25, -0.2) is 0 Å². The molecule has 3 aliphatic heterocycles. The fourth-order valence-corrected chi connectivity index (χ4v) is 10.4. The van der Waals surface area contributed by atoms with Gasteiger partial charge < -0.3 is 68.9 Å². The second-order valence-electron chi connectivity index (χ2n) is 17.2. The topological polar surface area (TPSA) is 206 Å². The number of allylic oxidation sites excluding steroid dienone is 1. The highest BCUT2D eigenvalue weighted by Gasteiger charge is 2.61. The lowest BCUT2D eigenvalue weighted by Crippen LogP contribution is -2.61. The zero-order valence-corrected chi connectivity index (χ0v) is 31.5. The molecular formula is C38H62O14. The first-order chi connectivity index (χ1) is 24.4. The van der Waals surface area contributed by atoms with Crippen molar-refractivity contribution in [3.8, 4) is 0 Å². The average Bonchev–Trinajstić information content (AvgIpc) is 3.40. The molecule has 6 aliphatic rings. The lowest BCUT2D eigenvalue weighted by Gasteiger charge is -2.62. The number of fused-ring (bicyclic) bond motifs is 3. The Morgan fingerprint density at radius 2 is 1.40 bits per heavy atom. The Balaban J connectivity index is 1.20. The van der Waals surface area contributed by atoms with Crippen LogP contribution in [0.5, 0.6) is 0 Å². The Bertz CT molecular complexity index is 1300. The average molecular weight is 743 g/mol. The molecule has 52 heavy (non-hydrogen) atoms. The largest absolute Gasteiger partial charge is 0.394 e. The van der Waals surface area contributed by atoms with Crippen molar-refractivity contribution < 1.29 is 68.9 Å². The number of aliphatic hydroxyl groups excluding tert-OH is 7. The molecule has 20 unspecified atom stereocenters. The Labute approximate surface area is 306 Å². The molecule has 0 aromatic rings. The monoisotopic (exact) mass is 742 g/mol. The van der Waals surface area contributed by atoms with E-state index in [2.05, 4.69) is 40.3 Å². The first kappa shape index (κ1) is 40.6. The van der Waals surface area contributed by atoms with Crippen molar-refractivity contribution in [1.29, 1.82) is 0 Å². The van der Waals surface area contributed by atoms with Crippen molar-refractivity contribution in [2.45, 2.75) is 172 Å². The van der Waals surface area contributed by atoms with Crippen LogP contribution >= 0.6 is 0 Å². The van der Waals surface area contributed by atoms with Gasteiger partial charge in [-0.2, -0.15) is 0 Å². The highest BCUT2D eigenvalue weighted by atomic mass is 16.8. The van der Waals surface area contributed by atoms with E-state index < -0.39 is 104 Å². The van der Waals surface area contributed by atoms with Crippen LogP contribution in [0.25, 0.3) is 0 Å². The van der Waals surface area contributed by atoms with E-state index in [4.69, 9.17) is 33.2 Å². The third kappa shape index (κ3) is 6.87. The highest BCUT2D eigenvalue weighted by molar-refractivity contribution is 5.29. The number of hydrogen-bond donors (Lipinski definition) is 7. The summed E-state index contributed by atoms with van der Waals surface area (Å²) in [4.78, 5) is 0. The van der Waals surface area contributed by atoms with E-state index >= 15 is 0 Å². The van der Waals surface area contributed by atoms with Gasteiger partial charge in [-0.05, 0) is 68.6 Å². The van der Waals surface area contributed by atoms with Crippen molar-refractivity contribution in [2.24, 2.45) is 28.1 Å². The molecule has 20 atom stereocenters. The second kappa shape index (κ2) is 15.1. The first-order valence-electron chi connectivity index (χ1n) is 18.9. The lowest BCUT2D eigenvalue weighted by molar-refractivity contribution is -0.329. The third-order valence-electron chi connectivity index (χ3n) is 13.7. The molecule has 14 nitrogen and oxygen atoms in total. The fraction of sp³-hybridized carbons (Fsp3) is 0.895. The molecule has 0 aromatic heterocycles. The van der Waals surface area contributed by atoms with Crippen molar-refractivity contribution in [3.05, 3.63) is 24.3 Å². The summed E-state index contributed by atoms with van der Waals surface area (Å²) in [7, 11) is 1.38. The van der Waals surface area contributed by atoms with Crippen LogP contribution < -0.4 is 0 Å². The molecule has 0 spiro atoms. The van der Waals surface area contributed by atoms with Crippen LogP contribution in [0.4, 0.5) is 0 Å². The number of aliphatic hydroxyl groups is 7. The van der Waals surface area contributed by atoms with Gasteiger partial charge in [0.1, 0.15) is 54.9 Å². The van der Waals surface area contributed by atoms with Gasteiger partial charge in [-0.15, -0.1) is 6.58 Å². The van der Waals surface area contributed by atoms with Gasteiger partial charge >= 0.3 is 0 Å². The van der Waals surface area contributed by atoms with Gasteiger partial charge in [-0.1, -0.05) is 45.4 Å². The summed E-state index contributed by atoms with van der Waals surface area (Å²) < 4.78 is 42.4. The van der Waals surface area contributed by atoms with Gasteiger partial charge in [0, 0.05) is 12.5 Å². The minimum Gasteiger partial charge on any atom is -0.394 e. The van der Waals surface area contributed by atoms with Crippen LogP contribution in [0.3, 0.4) is 0 Å². The molecule has 7 N–H and O–H groups in total. The maximum absolute atomic E-state index is 11.2. The molecule has 3 heterocycles. The molecule has 0 radical (unpaired) electrons. The van der Waals surface area contributed by atoms with Gasteiger partial charge in [0.25, 0.3) is 0 Å². The van der Waals surface area contributed by atoms with Crippen LogP contribution in [0.1, 0.15) is 73.6 Å². The Morgan fingerprint density at radius 1 is 0.769 bits per heavy atom. The molecule has 3 aliphatic carbocycles. The number of ether oxygens (including phenoxy) is 7. The van der Waals surface area contributed by atoms with E-state index in [1.807, 2.05) is 6.08 Å². The summed E-state index contributed by atoms with van der Waals surface area (Å²) in [5.74, 6) is 0.351. The third-order valence-corrected chi connectivity index (χ3v) is 13.7. The molecule has 0 amide bonds. The van der Waals surface area contributed by atoms with Crippen molar-refractivity contribution in [3.63, 3.8) is 0 Å². The second-order valence-corrected chi connectivity index (χ2v) is 17.2. The number of hydrogen-bond acceptors (Lipinski definition) is 14. The molecule has 298 valence electrons. The van der Waals surface area contributed by atoms with Crippen molar-refractivity contribution >= 4 is 0 Å². The molecule has 3 saturated heterocycles. The van der Waals surface area contributed by atoms with E-state index in [1.165, 1.54) is 12.7 Å². The normalized spacial score (nSPS) is 53.5. The predicted octanol–water partition coefficient (Wildman–Crippen LogP) is 0.904. The SMILES string of the molecule is C=CC1(C)C=C2CCC3C(C)(C)C(OC4OC(CO)C(O)C4OC4OC(C)C(O)C(OC)C4O)CCC3(C)C2CC1OC1OC(C)C(O)C(O)C1O. The maximum atomic E-state index is 11.2. The molecule has 14 heteroatoms. The van der Waals surface area contributed by atoms with Crippen LogP contribution in [-0.4, -0.2) is 148 Å². The van der Waals surface area contributed by atoms with Crippen molar-refractivity contribution in [1.82, 2.24) is 0 Å². The molecule has 2 saturated carbocycles. The number of methoxy groups -OCH3 is 1. The smallest absolute Gasteiger partial charge is 0.187 e. The van der Waals surface area contributed by atoms with Crippen LogP contribution in [0.15, 0.2) is 24.3 Å². The standard InChI is InChI=1S/C38H62O14/c1-9-37(6)15-19-10-11-22-36(4,5)23(12-13-38(22,7)20(19)14-24(37)51-33-29(44)28(43)25(40)17(2)47-33)50-35-32(27(42)21(16-39)49-35)52-34-30(45)31(46-8)26(41)18(3)48-34/h9,15,17-18,20-35,39-45H,1,10-14,16H2,2-8H3. The molecule has 5 fully saturated rings. The molecule has 0 bridgehead atoms. The van der Waals surface area contributed by atoms with E-state index in [0.29, 0.717) is 12.8 Å². The van der Waals surface area contributed by atoms with E-state index in [9.17, 15) is 35.7 Å². The summed E-state index contributed by atoms with van der Waals surface area (Å²) in [6, 6.07) is 0. The number of rotatable bonds is 9. The summed E-state index contributed by atoms with van der Waals surface area (Å²) in [6.45, 7) is 15.7. The highest BCUT2D eigenvalue weighted by Crippen LogP contribution is 2.65. The molecular weight excluding hydrogens is 680 g/mol. The quantitative estimate of drug-likeness (QED) is 0.164. The van der Waals surface area contributed by atoms with Gasteiger partial charge in [0.05, 0.1) is 31.0 Å². The van der Waals surface area contributed by atoms with Gasteiger partial charge in [-0.3, -0.25) is 0 Å². The maximum Gasteiger partial charge on any atom is 0.187 e. The molecule has 6 rings (SSSR count). The lowest BCUT2D eigenvalue weighted by atomic mass is 9.44. The summed E-state index contributed by atoms with van der Waals surface area (Å²) in [6.07, 6.45) is -8.33. The zero-order chi connectivity index (χ0) is 38.1.